The molecule has 2 aromatic carbocycles. The van der Waals surface area contributed by atoms with Crippen LogP contribution in [0.3, 0.4) is 0 Å². The van der Waals surface area contributed by atoms with Crippen LogP contribution in [0.4, 0.5) is 15.9 Å². The molecule has 2 heterocycles. The topological polar surface area (TPSA) is 85.8 Å². The lowest BCUT2D eigenvalue weighted by molar-refractivity contribution is 0.102. The van der Waals surface area contributed by atoms with Gasteiger partial charge in [-0.1, -0.05) is 31.5 Å². The molecule has 0 aliphatic heterocycles. The van der Waals surface area contributed by atoms with Crippen LogP contribution >= 0.6 is 0 Å². The Balaban J connectivity index is 1.87. The number of rotatable bonds is 5. The molecule has 0 radical (unpaired) electrons. The van der Waals surface area contributed by atoms with Crippen molar-refractivity contribution in [3.63, 3.8) is 0 Å². The van der Waals surface area contributed by atoms with Gasteiger partial charge < -0.3 is 15.6 Å². The number of hydrogen-bond acceptors (Lipinski definition) is 4. The molecule has 142 valence electrons. The molecule has 0 saturated carbocycles. The molecule has 28 heavy (non-hydrogen) atoms. The number of fused-ring (bicyclic) bond motifs is 2. The number of nitrogens with zero attached hydrogens (tertiary/aromatic N) is 3. The van der Waals surface area contributed by atoms with E-state index in [0.717, 1.165) is 18.4 Å². The van der Waals surface area contributed by atoms with E-state index in [-0.39, 0.29) is 5.56 Å². The van der Waals surface area contributed by atoms with Gasteiger partial charge in [0, 0.05) is 12.2 Å². The molecule has 1 amide bonds. The highest BCUT2D eigenvalue weighted by molar-refractivity contribution is 6.16. The first-order valence-corrected chi connectivity index (χ1v) is 9.20. The van der Waals surface area contributed by atoms with Gasteiger partial charge in [-0.25, -0.2) is 14.4 Å². The Kier molecular flexibility index (Phi) is 4.65. The molecule has 2 aromatic heterocycles. The molecule has 0 aliphatic carbocycles. The van der Waals surface area contributed by atoms with Gasteiger partial charge in [0.1, 0.15) is 22.7 Å². The summed E-state index contributed by atoms with van der Waals surface area (Å²) in [7, 11) is 0. The Hall–Kier alpha value is -3.48. The number of aromatic nitrogens is 3. The van der Waals surface area contributed by atoms with Crippen LogP contribution in [0, 0.1) is 5.82 Å². The van der Waals surface area contributed by atoms with E-state index < -0.39 is 11.7 Å². The summed E-state index contributed by atoms with van der Waals surface area (Å²) in [6, 6.07) is 13.2. The number of nitrogens with two attached hydrogens (primary N) is 1. The van der Waals surface area contributed by atoms with E-state index in [2.05, 4.69) is 17.2 Å². The third kappa shape index (κ3) is 3.15. The standard InChI is InChI=1S/C21H20FN5O/c1-2-3-11-27-19(23)17(21(28)24-14-8-6-7-13(22)12-14)18-20(27)26-16-10-5-4-9-15(16)25-18/h4-10,12H,2-3,11,23H2,1H3,(H,24,28). The van der Waals surface area contributed by atoms with Gasteiger partial charge in [-0.2, -0.15) is 0 Å². The number of aryl methyl sites for hydroxylation is 1. The van der Waals surface area contributed by atoms with Crippen LogP contribution < -0.4 is 11.1 Å². The average molecular weight is 377 g/mol. The molecule has 3 N–H and O–H groups in total. The van der Waals surface area contributed by atoms with Crippen molar-refractivity contribution in [1.82, 2.24) is 14.5 Å². The Morgan fingerprint density at radius 3 is 2.61 bits per heavy atom. The Morgan fingerprint density at radius 2 is 1.89 bits per heavy atom. The van der Waals surface area contributed by atoms with E-state index in [9.17, 15) is 9.18 Å². The molecular weight excluding hydrogens is 357 g/mol. The third-order valence-corrected chi connectivity index (χ3v) is 4.64. The van der Waals surface area contributed by atoms with E-state index in [0.29, 0.717) is 34.7 Å². The minimum Gasteiger partial charge on any atom is -0.384 e. The average Bonchev–Trinajstić information content (AvgIpc) is 2.95. The Morgan fingerprint density at radius 1 is 1.14 bits per heavy atom. The van der Waals surface area contributed by atoms with Crippen LogP contribution in [0.2, 0.25) is 0 Å². The van der Waals surface area contributed by atoms with Crippen molar-refractivity contribution in [3.05, 3.63) is 59.9 Å². The summed E-state index contributed by atoms with van der Waals surface area (Å²) in [5.41, 5.74) is 9.41. The van der Waals surface area contributed by atoms with Crippen LogP contribution in [0.1, 0.15) is 30.1 Å². The van der Waals surface area contributed by atoms with Crippen molar-refractivity contribution >= 4 is 39.6 Å². The molecule has 7 heteroatoms. The van der Waals surface area contributed by atoms with E-state index in [4.69, 9.17) is 10.7 Å². The van der Waals surface area contributed by atoms with Crippen LogP contribution in [0.5, 0.6) is 0 Å². The maximum Gasteiger partial charge on any atom is 0.261 e. The molecule has 0 atom stereocenters. The third-order valence-electron chi connectivity index (χ3n) is 4.64. The highest BCUT2D eigenvalue weighted by Gasteiger charge is 2.24. The minimum atomic E-state index is -0.437. The summed E-state index contributed by atoms with van der Waals surface area (Å²) < 4.78 is 15.3. The first kappa shape index (κ1) is 17.9. The highest BCUT2D eigenvalue weighted by atomic mass is 19.1. The zero-order valence-corrected chi connectivity index (χ0v) is 15.4. The second kappa shape index (κ2) is 7.26. The lowest BCUT2D eigenvalue weighted by Gasteiger charge is -2.07. The number of carbonyl (C=O) groups is 1. The summed E-state index contributed by atoms with van der Waals surface area (Å²) >= 11 is 0. The number of nitrogen functional groups attached to an aromatic ring is 1. The summed E-state index contributed by atoms with van der Waals surface area (Å²) in [6.45, 7) is 2.72. The first-order valence-electron chi connectivity index (χ1n) is 9.20. The fraction of sp³-hybridized carbons (Fsp3) is 0.190. The highest BCUT2D eigenvalue weighted by Crippen LogP contribution is 2.29. The molecule has 6 nitrogen and oxygen atoms in total. The molecule has 0 unspecified atom stereocenters. The number of unbranched alkanes of at least 4 members (excludes halogenated alkanes) is 1. The van der Waals surface area contributed by atoms with Gasteiger partial charge in [0.2, 0.25) is 0 Å². The zero-order valence-electron chi connectivity index (χ0n) is 15.4. The quantitative estimate of drug-likeness (QED) is 0.541. The maximum atomic E-state index is 13.5. The number of amides is 1. The number of anilines is 2. The predicted molar refractivity (Wildman–Crippen MR) is 109 cm³/mol. The fourth-order valence-electron chi connectivity index (χ4n) is 3.24. The van der Waals surface area contributed by atoms with E-state index in [1.54, 1.807) is 6.07 Å². The van der Waals surface area contributed by atoms with Crippen molar-refractivity contribution in [2.75, 3.05) is 11.1 Å². The lowest BCUT2D eigenvalue weighted by Crippen LogP contribution is -2.15. The summed E-state index contributed by atoms with van der Waals surface area (Å²) in [5.74, 6) is -0.553. The summed E-state index contributed by atoms with van der Waals surface area (Å²) in [4.78, 5) is 22.3. The van der Waals surface area contributed by atoms with Gasteiger partial charge in [0.05, 0.1) is 11.0 Å². The lowest BCUT2D eigenvalue weighted by atomic mass is 10.2. The van der Waals surface area contributed by atoms with E-state index in [1.165, 1.54) is 18.2 Å². The maximum absolute atomic E-state index is 13.5. The monoisotopic (exact) mass is 377 g/mol. The zero-order chi connectivity index (χ0) is 19.7. The van der Waals surface area contributed by atoms with Crippen LogP contribution in [-0.4, -0.2) is 20.4 Å². The summed E-state index contributed by atoms with van der Waals surface area (Å²) in [5, 5.41) is 2.71. The predicted octanol–water partition coefficient (Wildman–Crippen LogP) is 4.36. The Bertz CT molecular complexity index is 1180. The van der Waals surface area contributed by atoms with Gasteiger partial charge in [-0.05, 0) is 36.8 Å². The van der Waals surface area contributed by atoms with Crippen molar-refractivity contribution in [1.29, 1.82) is 0 Å². The van der Waals surface area contributed by atoms with Gasteiger partial charge >= 0.3 is 0 Å². The van der Waals surface area contributed by atoms with E-state index >= 15 is 0 Å². The SMILES string of the molecule is CCCCn1c(N)c(C(=O)Nc2cccc(F)c2)c2nc3ccccc3nc21. The van der Waals surface area contributed by atoms with Crippen molar-refractivity contribution in [2.45, 2.75) is 26.3 Å². The first-order chi connectivity index (χ1) is 13.6. The number of halogens is 1. The van der Waals surface area contributed by atoms with Crippen LogP contribution in [-0.2, 0) is 6.54 Å². The molecular formula is C21H20FN5O. The molecule has 0 aliphatic rings. The molecule has 4 rings (SSSR count). The van der Waals surface area contributed by atoms with Gasteiger partial charge in [0.15, 0.2) is 5.65 Å². The van der Waals surface area contributed by atoms with Crippen molar-refractivity contribution in [2.24, 2.45) is 0 Å². The van der Waals surface area contributed by atoms with Gasteiger partial charge in [0.25, 0.3) is 5.91 Å². The second-order valence-electron chi connectivity index (χ2n) is 6.61. The van der Waals surface area contributed by atoms with Crippen LogP contribution in [0.25, 0.3) is 22.2 Å². The number of hydrogen-bond donors (Lipinski definition) is 2. The van der Waals surface area contributed by atoms with Crippen LogP contribution in [0.15, 0.2) is 48.5 Å². The Labute approximate surface area is 161 Å². The second-order valence-corrected chi connectivity index (χ2v) is 6.61. The smallest absolute Gasteiger partial charge is 0.261 e. The molecule has 0 saturated heterocycles. The molecule has 0 spiro atoms. The van der Waals surface area contributed by atoms with E-state index in [1.807, 2.05) is 28.8 Å². The fourth-order valence-corrected chi connectivity index (χ4v) is 3.24. The summed E-state index contributed by atoms with van der Waals surface area (Å²) in [6.07, 6.45) is 1.87. The molecule has 0 fully saturated rings. The molecule has 4 aromatic rings. The molecule has 0 bridgehead atoms. The van der Waals surface area contributed by atoms with Crippen molar-refractivity contribution < 1.29 is 9.18 Å². The number of benzene rings is 2. The number of nitrogens with one attached hydrogen (secondary N) is 1. The normalized spacial score (nSPS) is 11.2. The van der Waals surface area contributed by atoms with Gasteiger partial charge in [-0.3, -0.25) is 4.79 Å². The number of carbonyl (C=O) groups excluding carboxylic acids is 1. The minimum absolute atomic E-state index is 0.258. The van der Waals surface area contributed by atoms with Gasteiger partial charge in [-0.15, -0.1) is 0 Å². The van der Waals surface area contributed by atoms with Crippen molar-refractivity contribution in [3.8, 4) is 0 Å². The number of para-hydroxylation sites is 2. The largest absolute Gasteiger partial charge is 0.384 e.